The van der Waals surface area contributed by atoms with Crippen molar-refractivity contribution in [2.75, 3.05) is 23.3 Å². The minimum Gasteiger partial charge on any atom is -0.370 e. The maximum atomic E-state index is 12.5. The van der Waals surface area contributed by atoms with Gasteiger partial charge in [-0.3, -0.25) is 9.59 Å². The molecule has 1 heterocycles. The highest BCUT2D eigenvalue weighted by Gasteiger charge is 2.18. The minimum absolute atomic E-state index is 0.218. The lowest BCUT2D eigenvalue weighted by Gasteiger charge is -2.22. The van der Waals surface area contributed by atoms with E-state index >= 15 is 0 Å². The number of nitrogens with zero attached hydrogens (tertiary/aromatic N) is 1. The third kappa shape index (κ3) is 3.59. The van der Waals surface area contributed by atoms with Crippen LogP contribution in [0.25, 0.3) is 0 Å². The number of nitrogens with one attached hydrogen (secondary N) is 1. The Balaban J connectivity index is 1.91. The van der Waals surface area contributed by atoms with Crippen molar-refractivity contribution in [3.05, 3.63) is 58.1 Å². The second-order valence-corrected chi connectivity index (χ2v) is 6.67. The van der Waals surface area contributed by atoms with Gasteiger partial charge in [-0.2, -0.15) is 0 Å². The second kappa shape index (κ2) is 7.05. The molecule has 0 radical (unpaired) electrons. The molecular weight excluding hydrogens is 370 g/mol. The van der Waals surface area contributed by atoms with E-state index in [0.29, 0.717) is 16.8 Å². The summed E-state index contributed by atoms with van der Waals surface area (Å²) >= 11 is 3.35. The van der Waals surface area contributed by atoms with Gasteiger partial charge in [0.15, 0.2) is 0 Å². The highest BCUT2D eigenvalue weighted by atomic mass is 79.9. The van der Waals surface area contributed by atoms with E-state index < -0.39 is 5.91 Å². The molecule has 124 valence electrons. The summed E-state index contributed by atoms with van der Waals surface area (Å²) in [6.45, 7) is 1.88. The van der Waals surface area contributed by atoms with Crippen molar-refractivity contribution in [3.8, 4) is 0 Å². The molecule has 0 atom stereocenters. The molecule has 2 amide bonds. The van der Waals surface area contributed by atoms with Crippen LogP contribution in [0.4, 0.5) is 11.4 Å². The topological polar surface area (TPSA) is 75.4 Å². The van der Waals surface area contributed by atoms with E-state index in [9.17, 15) is 9.59 Å². The average molecular weight is 388 g/mol. The van der Waals surface area contributed by atoms with Crippen LogP contribution in [-0.2, 0) is 0 Å². The number of amides is 2. The molecule has 1 saturated heterocycles. The van der Waals surface area contributed by atoms with Gasteiger partial charge in [0.25, 0.3) is 5.91 Å². The zero-order valence-electron chi connectivity index (χ0n) is 13.1. The number of anilines is 2. The quantitative estimate of drug-likeness (QED) is 0.843. The predicted molar refractivity (Wildman–Crippen MR) is 98.5 cm³/mol. The van der Waals surface area contributed by atoms with Crippen LogP contribution in [0.5, 0.6) is 0 Å². The summed E-state index contributed by atoms with van der Waals surface area (Å²) in [7, 11) is 0. The van der Waals surface area contributed by atoms with Gasteiger partial charge >= 0.3 is 0 Å². The number of halogens is 1. The summed E-state index contributed by atoms with van der Waals surface area (Å²) < 4.78 is 0.910. The molecule has 1 aliphatic rings. The molecule has 0 saturated carbocycles. The second-order valence-electron chi connectivity index (χ2n) is 5.75. The normalized spacial score (nSPS) is 13.8. The van der Waals surface area contributed by atoms with E-state index in [4.69, 9.17) is 5.73 Å². The van der Waals surface area contributed by atoms with Crippen molar-refractivity contribution in [1.29, 1.82) is 0 Å². The average Bonchev–Trinajstić information content (AvgIpc) is 3.09. The zero-order valence-corrected chi connectivity index (χ0v) is 14.7. The molecule has 0 bridgehead atoms. The van der Waals surface area contributed by atoms with Crippen LogP contribution in [0.2, 0.25) is 0 Å². The van der Waals surface area contributed by atoms with Gasteiger partial charge in [-0.15, -0.1) is 0 Å². The Morgan fingerprint density at radius 2 is 1.62 bits per heavy atom. The Kier molecular flexibility index (Phi) is 4.85. The molecule has 2 aromatic carbocycles. The summed E-state index contributed by atoms with van der Waals surface area (Å²) in [6.07, 6.45) is 2.25. The Bertz CT molecular complexity index is 768. The lowest BCUT2D eigenvalue weighted by molar-refractivity contribution is 0.0996. The lowest BCUT2D eigenvalue weighted by atomic mass is 10.1. The molecule has 0 spiro atoms. The van der Waals surface area contributed by atoms with Crippen molar-refractivity contribution >= 4 is 39.1 Å². The van der Waals surface area contributed by atoms with E-state index in [1.54, 1.807) is 24.3 Å². The third-order valence-electron chi connectivity index (χ3n) is 4.08. The Hall–Kier alpha value is -2.34. The number of carbonyl (C=O) groups excluding carboxylic acids is 2. The maximum absolute atomic E-state index is 12.5. The van der Waals surface area contributed by atoms with Crippen LogP contribution in [0.15, 0.2) is 46.9 Å². The zero-order chi connectivity index (χ0) is 17.1. The van der Waals surface area contributed by atoms with E-state index in [1.165, 1.54) is 0 Å². The standard InChI is InChI=1S/C18H18BrN3O2/c19-14-6-3-12(4-7-14)18(24)21-15-11-13(17(20)23)5-8-16(15)22-9-1-2-10-22/h3-8,11H,1-2,9-10H2,(H2,20,23)(H,21,24). The minimum atomic E-state index is -0.512. The lowest BCUT2D eigenvalue weighted by Crippen LogP contribution is -2.22. The number of rotatable bonds is 4. The van der Waals surface area contributed by atoms with Gasteiger partial charge in [0, 0.05) is 28.7 Å². The first-order valence-electron chi connectivity index (χ1n) is 7.80. The van der Waals surface area contributed by atoms with Crippen molar-refractivity contribution in [1.82, 2.24) is 0 Å². The van der Waals surface area contributed by atoms with Crippen LogP contribution in [0.3, 0.4) is 0 Å². The highest BCUT2D eigenvalue weighted by molar-refractivity contribution is 9.10. The molecule has 24 heavy (non-hydrogen) atoms. The van der Waals surface area contributed by atoms with E-state index in [1.807, 2.05) is 18.2 Å². The van der Waals surface area contributed by atoms with Gasteiger partial charge < -0.3 is 16.0 Å². The van der Waals surface area contributed by atoms with Crippen molar-refractivity contribution < 1.29 is 9.59 Å². The number of nitrogens with two attached hydrogens (primary N) is 1. The molecule has 0 aliphatic carbocycles. The monoisotopic (exact) mass is 387 g/mol. The first-order valence-corrected chi connectivity index (χ1v) is 8.59. The fourth-order valence-corrected chi connectivity index (χ4v) is 3.08. The smallest absolute Gasteiger partial charge is 0.255 e. The summed E-state index contributed by atoms with van der Waals surface area (Å²) in [6, 6.07) is 12.3. The van der Waals surface area contributed by atoms with Crippen molar-refractivity contribution in [2.24, 2.45) is 5.73 Å². The summed E-state index contributed by atoms with van der Waals surface area (Å²) in [5.74, 6) is -0.730. The molecule has 1 aliphatic heterocycles. The SMILES string of the molecule is NC(=O)c1ccc(N2CCCC2)c(NC(=O)c2ccc(Br)cc2)c1. The summed E-state index contributed by atoms with van der Waals surface area (Å²) in [4.78, 5) is 26.2. The Morgan fingerprint density at radius 3 is 2.25 bits per heavy atom. The molecular formula is C18H18BrN3O2. The van der Waals surface area contributed by atoms with Crippen LogP contribution >= 0.6 is 15.9 Å². The van der Waals surface area contributed by atoms with Gasteiger partial charge in [0.05, 0.1) is 11.4 Å². The fourth-order valence-electron chi connectivity index (χ4n) is 2.82. The van der Waals surface area contributed by atoms with Crippen molar-refractivity contribution in [3.63, 3.8) is 0 Å². The van der Waals surface area contributed by atoms with Gasteiger partial charge in [-0.25, -0.2) is 0 Å². The largest absolute Gasteiger partial charge is 0.370 e. The van der Waals surface area contributed by atoms with E-state index in [-0.39, 0.29) is 5.91 Å². The molecule has 3 rings (SSSR count). The molecule has 3 N–H and O–H groups in total. The molecule has 6 heteroatoms. The predicted octanol–water partition coefficient (Wildman–Crippen LogP) is 3.40. The summed E-state index contributed by atoms with van der Waals surface area (Å²) in [5, 5.41) is 2.91. The maximum Gasteiger partial charge on any atom is 0.255 e. The Morgan fingerprint density at radius 1 is 1.00 bits per heavy atom. The van der Waals surface area contributed by atoms with Crippen molar-refractivity contribution in [2.45, 2.75) is 12.8 Å². The molecule has 2 aromatic rings. The number of carbonyl (C=O) groups is 2. The van der Waals surface area contributed by atoms with Crippen LogP contribution in [0, 0.1) is 0 Å². The Labute approximate surface area is 149 Å². The third-order valence-corrected chi connectivity index (χ3v) is 4.61. The number of benzene rings is 2. The molecule has 0 aromatic heterocycles. The number of hydrogen-bond acceptors (Lipinski definition) is 3. The number of hydrogen-bond donors (Lipinski definition) is 2. The van der Waals surface area contributed by atoms with Gasteiger partial charge in [0.1, 0.15) is 0 Å². The molecule has 1 fully saturated rings. The van der Waals surface area contributed by atoms with Crippen LogP contribution < -0.4 is 16.0 Å². The molecule has 0 unspecified atom stereocenters. The highest BCUT2D eigenvalue weighted by Crippen LogP contribution is 2.30. The van der Waals surface area contributed by atoms with Crippen LogP contribution in [-0.4, -0.2) is 24.9 Å². The van der Waals surface area contributed by atoms with Gasteiger partial charge in [0.2, 0.25) is 5.91 Å². The van der Waals surface area contributed by atoms with E-state index in [0.717, 1.165) is 36.1 Å². The molecule has 5 nitrogen and oxygen atoms in total. The van der Waals surface area contributed by atoms with Gasteiger partial charge in [-0.1, -0.05) is 15.9 Å². The first-order chi connectivity index (χ1) is 11.5. The number of primary amides is 1. The fraction of sp³-hybridized carbons (Fsp3) is 0.222. The summed E-state index contributed by atoms with van der Waals surface area (Å²) in [5.41, 5.74) is 7.84. The van der Waals surface area contributed by atoms with Gasteiger partial charge in [-0.05, 0) is 55.3 Å². The first kappa shape index (κ1) is 16.5. The van der Waals surface area contributed by atoms with Crippen LogP contribution in [0.1, 0.15) is 33.6 Å². The van der Waals surface area contributed by atoms with E-state index in [2.05, 4.69) is 26.1 Å².